The topological polar surface area (TPSA) is 102 Å². The van der Waals surface area contributed by atoms with Crippen LogP contribution in [-0.2, 0) is 14.8 Å². The van der Waals surface area contributed by atoms with Crippen molar-refractivity contribution in [3.05, 3.63) is 29.8 Å². The van der Waals surface area contributed by atoms with Gasteiger partial charge < -0.3 is 15.6 Å². The number of anilines is 1. The molecule has 0 amide bonds. The van der Waals surface area contributed by atoms with Crippen molar-refractivity contribution in [2.75, 3.05) is 31.7 Å². The molecule has 0 spiro atoms. The van der Waals surface area contributed by atoms with Crippen LogP contribution in [-0.4, -0.2) is 39.5 Å². The van der Waals surface area contributed by atoms with Gasteiger partial charge in [0.25, 0.3) is 0 Å². The second-order valence-electron chi connectivity index (χ2n) is 3.84. The summed E-state index contributed by atoms with van der Waals surface area (Å²) in [4.78, 5) is 0. The summed E-state index contributed by atoms with van der Waals surface area (Å²) in [5.74, 6) is -0.127. The van der Waals surface area contributed by atoms with Gasteiger partial charge in [-0.05, 0) is 17.7 Å². The number of methoxy groups -OCH3 is 1. The van der Waals surface area contributed by atoms with Gasteiger partial charge in [0.15, 0.2) is 0 Å². The number of nitrogen functional groups attached to an aromatic ring is 1. The molecule has 0 radical (unpaired) electrons. The zero-order chi connectivity index (χ0) is 13.6. The molecular formula is C11H18N2O4S. The number of hydrogen-bond donors (Lipinski definition) is 3. The maximum Gasteiger partial charge on any atom is 0.213 e. The molecule has 1 rings (SSSR count). The molecule has 0 aliphatic carbocycles. The Morgan fingerprint density at radius 3 is 2.56 bits per heavy atom. The van der Waals surface area contributed by atoms with Gasteiger partial charge in [-0.25, -0.2) is 13.1 Å². The fourth-order valence-electron chi connectivity index (χ4n) is 1.31. The largest absolute Gasteiger partial charge is 0.399 e. The molecule has 0 saturated carbocycles. The molecule has 7 heteroatoms. The van der Waals surface area contributed by atoms with E-state index in [1.807, 2.05) is 0 Å². The predicted molar refractivity (Wildman–Crippen MR) is 69.5 cm³/mol. The molecule has 0 heterocycles. The third kappa shape index (κ3) is 5.01. The van der Waals surface area contributed by atoms with E-state index in [-0.39, 0.29) is 18.9 Å². The summed E-state index contributed by atoms with van der Waals surface area (Å²) in [5.41, 5.74) is 6.72. The van der Waals surface area contributed by atoms with E-state index in [9.17, 15) is 13.5 Å². The summed E-state index contributed by atoms with van der Waals surface area (Å²) < 4.78 is 29.9. The first-order valence-corrected chi connectivity index (χ1v) is 7.09. The third-order valence-electron chi connectivity index (χ3n) is 2.37. The normalized spacial score (nSPS) is 13.4. The Kier molecular flexibility index (Phi) is 5.54. The van der Waals surface area contributed by atoms with Crippen LogP contribution in [0.15, 0.2) is 24.3 Å². The fraction of sp³-hybridized carbons (Fsp3) is 0.455. The third-order valence-corrected chi connectivity index (χ3v) is 3.68. The fourth-order valence-corrected chi connectivity index (χ4v) is 2.25. The summed E-state index contributed by atoms with van der Waals surface area (Å²) >= 11 is 0. The number of rotatable bonds is 7. The summed E-state index contributed by atoms with van der Waals surface area (Å²) in [6.07, 6.45) is -0.900. The minimum atomic E-state index is -3.41. The maximum atomic E-state index is 11.5. The smallest absolute Gasteiger partial charge is 0.213 e. The second kappa shape index (κ2) is 6.69. The highest BCUT2D eigenvalue weighted by molar-refractivity contribution is 7.89. The number of nitrogens with two attached hydrogens (primary N) is 1. The standard InChI is InChI=1S/C11H18N2O4S/c1-17-6-7-18(15,16)13-8-11(14)9-2-4-10(12)5-3-9/h2-5,11,13-14H,6-8,12H2,1H3. The van der Waals surface area contributed by atoms with Crippen molar-refractivity contribution in [1.29, 1.82) is 0 Å². The van der Waals surface area contributed by atoms with Gasteiger partial charge in [-0.2, -0.15) is 0 Å². The van der Waals surface area contributed by atoms with Gasteiger partial charge in [-0.1, -0.05) is 12.1 Å². The summed E-state index contributed by atoms with van der Waals surface area (Å²) in [7, 11) is -1.99. The Morgan fingerprint density at radius 2 is 2.00 bits per heavy atom. The predicted octanol–water partition coefficient (Wildman–Crippen LogP) is -0.132. The van der Waals surface area contributed by atoms with Crippen molar-refractivity contribution in [2.45, 2.75) is 6.10 Å². The van der Waals surface area contributed by atoms with Gasteiger partial charge in [0.1, 0.15) is 0 Å². The van der Waals surface area contributed by atoms with E-state index in [0.717, 1.165) is 0 Å². The molecule has 1 aromatic carbocycles. The molecule has 18 heavy (non-hydrogen) atoms. The molecule has 1 unspecified atom stereocenters. The lowest BCUT2D eigenvalue weighted by Crippen LogP contribution is -2.31. The number of hydrogen-bond acceptors (Lipinski definition) is 5. The average molecular weight is 274 g/mol. The maximum absolute atomic E-state index is 11.5. The summed E-state index contributed by atoms with van der Waals surface area (Å²) in [6, 6.07) is 6.61. The first-order chi connectivity index (χ1) is 8.44. The number of nitrogens with one attached hydrogen (secondary N) is 1. The van der Waals surface area contributed by atoms with E-state index in [0.29, 0.717) is 11.3 Å². The SMILES string of the molecule is COCCS(=O)(=O)NCC(O)c1ccc(N)cc1. The molecule has 0 aliphatic heterocycles. The number of benzene rings is 1. The monoisotopic (exact) mass is 274 g/mol. The Bertz CT molecular complexity index is 458. The first-order valence-electron chi connectivity index (χ1n) is 5.44. The van der Waals surface area contributed by atoms with E-state index >= 15 is 0 Å². The highest BCUT2D eigenvalue weighted by Crippen LogP contribution is 2.14. The van der Waals surface area contributed by atoms with Gasteiger partial charge >= 0.3 is 0 Å². The van der Waals surface area contributed by atoms with Crippen molar-refractivity contribution in [3.8, 4) is 0 Å². The van der Waals surface area contributed by atoms with E-state index in [1.54, 1.807) is 24.3 Å². The molecule has 6 nitrogen and oxygen atoms in total. The van der Waals surface area contributed by atoms with Crippen LogP contribution in [0.25, 0.3) is 0 Å². The van der Waals surface area contributed by atoms with Gasteiger partial charge in [0, 0.05) is 19.3 Å². The van der Waals surface area contributed by atoms with Crippen molar-refractivity contribution < 1.29 is 18.3 Å². The molecule has 0 fully saturated rings. The van der Waals surface area contributed by atoms with Crippen molar-refractivity contribution in [1.82, 2.24) is 4.72 Å². The Labute approximate surface area is 107 Å². The zero-order valence-electron chi connectivity index (χ0n) is 10.2. The average Bonchev–Trinajstić information content (AvgIpc) is 2.35. The first kappa shape index (κ1) is 14.9. The van der Waals surface area contributed by atoms with Crippen molar-refractivity contribution in [2.24, 2.45) is 0 Å². The van der Waals surface area contributed by atoms with Gasteiger partial charge in [0.05, 0.1) is 18.5 Å². The van der Waals surface area contributed by atoms with Crippen LogP contribution < -0.4 is 10.5 Å². The second-order valence-corrected chi connectivity index (χ2v) is 5.77. The van der Waals surface area contributed by atoms with E-state index < -0.39 is 16.1 Å². The lowest BCUT2D eigenvalue weighted by molar-refractivity contribution is 0.181. The van der Waals surface area contributed by atoms with Crippen LogP contribution >= 0.6 is 0 Å². The van der Waals surface area contributed by atoms with E-state index in [1.165, 1.54) is 7.11 Å². The lowest BCUT2D eigenvalue weighted by Gasteiger charge is -2.12. The highest BCUT2D eigenvalue weighted by atomic mass is 32.2. The van der Waals surface area contributed by atoms with E-state index in [4.69, 9.17) is 5.73 Å². The van der Waals surface area contributed by atoms with E-state index in [2.05, 4.69) is 9.46 Å². The number of ether oxygens (including phenoxy) is 1. The van der Waals surface area contributed by atoms with Crippen LogP contribution in [0, 0.1) is 0 Å². The Balaban J connectivity index is 2.50. The Hall–Kier alpha value is -1.15. The van der Waals surface area contributed by atoms with Crippen LogP contribution in [0.5, 0.6) is 0 Å². The number of aliphatic hydroxyl groups excluding tert-OH is 1. The molecular weight excluding hydrogens is 256 g/mol. The lowest BCUT2D eigenvalue weighted by atomic mass is 10.1. The van der Waals surface area contributed by atoms with Crippen LogP contribution in [0.1, 0.15) is 11.7 Å². The van der Waals surface area contributed by atoms with Crippen molar-refractivity contribution in [3.63, 3.8) is 0 Å². The van der Waals surface area contributed by atoms with Crippen molar-refractivity contribution >= 4 is 15.7 Å². The van der Waals surface area contributed by atoms with Crippen LogP contribution in [0.3, 0.4) is 0 Å². The molecule has 1 atom stereocenters. The highest BCUT2D eigenvalue weighted by Gasteiger charge is 2.13. The minimum absolute atomic E-state index is 0.0734. The molecule has 102 valence electrons. The zero-order valence-corrected chi connectivity index (χ0v) is 11.0. The van der Waals surface area contributed by atoms with Crippen LogP contribution in [0.4, 0.5) is 5.69 Å². The molecule has 0 saturated heterocycles. The summed E-state index contributed by atoms with van der Waals surface area (Å²) in [6.45, 7) is 0.0449. The quantitative estimate of drug-likeness (QED) is 0.601. The van der Waals surface area contributed by atoms with Gasteiger partial charge in [0.2, 0.25) is 10.0 Å². The molecule has 0 aliphatic rings. The molecule has 1 aromatic rings. The Morgan fingerprint density at radius 1 is 1.39 bits per heavy atom. The van der Waals surface area contributed by atoms with Gasteiger partial charge in [-0.3, -0.25) is 0 Å². The summed E-state index contributed by atoms with van der Waals surface area (Å²) in [5, 5.41) is 9.80. The molecule has 0 aromatic heterocycles. The molecule has 4 N–H and O–H groups in total. The number of aliphatic hydroxyl groups is 1. The van der Waals surface area contributed by atoms with Crippen LogP contribution in [0.2, 0.25) is 0 Å². The number of sulfonamides is 1. The molecule has 0 bridgehead atoms. The van der Waals surface area contributed by atoms with Gasteiger partial charge in [-0.15, -0.1) is 0 Å². The minimum Gasteiger partial charge on any atom is -0.399 e.